The molecule has 0 aromatic heterocycles. The van der Waals surface area contributed by atoms with Gasteiger partial charge in [0.15, 0.2) is 0 Å². The Morgan fingerprint density at radius 3 is 2.56 bits per heavy atom. The Bertz CT molecular complexity index is 449. The molecule has 0 fully saturated rings. The zero-order valence-electron chi connectivity index (χ0n) is 10.2. The molecule has 0 aliphatic carbocycles. The van der Waals surface area contributed by atoms with Gasteiger partial charge in [-0.1, -0.05) is 6.92 Å². The van der Waals surface area contributed by atoms with Crippen LogP contribution in [-0.4, -0.2) is 24.8 Å². The molecule has 0 aliphatic rings. The van der Waals surface area contributed by atoms with Crippen molar-refractivity contribution in [1.29, 1.82) is 0 Å². The summed E-state index contributed by atoms with van der Waals surface area (Å²) in [6.07, 6.45) is 0.363. The number of methoxy groups -OCH3 is 1. The van der Waals surface area contributed by atoms with Crippen LogP contribution in [0.2, 0.25) is 0 Å². The average molecular weight is 271 g/mol. The standard InChI is InChI=1S/C12H15ClN2O3/c1-3-11(16)15-9-6-8(14-12(17)7-13)4-5-10(9)18-2/h4-6H,3,7H2,1-2H3,(H,14,17)(H,15,16). The van der Waals surface area contributed by atoms with Crippen LogP contribution in [0.3, 0.4) is 0 Å². The van der Waals surface area contributed by atoms with E-state index in [9.17, 15) is 9.59 Å². The quantitative estimate of drug-likeness (QED) is 0.806. The number of amides is 2. The van der Waals surface area contributed by atoms with Gasteiger partial charge >= 0.3 is 0 Å². The smallest absolute Gasteiger partial charge is 0.239 e. The van der Waals surface area contributed by atoms with Gasteiger partial charge in [-0.2, -0.15) is 0 Å². The number of rotatable bonds is 5. The molecule has 0 saturated heterocycles. The van der Waals surface area contributed by atoms with Crippen molar-refractivity contribution in [3.63, 3.8) is 0 Å². The number of hydrogen-bond donors (Lipinski definition) is 2. The molecule has 0 atom stereocenters. The molecule has 0 heterocycles. The van der Waals surface area contributed by atoms with E-state index in [4.69, 9.17) is 16.3 Å². The molecule has 0 radical (unpaired) electrons. The van der Waals surface area contributed by atoms with Crippen LogP contribution in [0.15, 0.2) is 18.2 Å². The van der Waals surface area contributed by atoms with E-state index in [1.807, 2.05) is 0 Å². The lowest BCUT2D eigenvalue weighted by molar-refractivity contribution is -0.116. The molecule has 0 bridgehead atoms. The lowest BCUT2D eigenvalue weighted by Crippen LogP contribution is -2.14. The van der Waals surface area contributed by atoms with Crippen LogP contribution in [0.4, 0.5) is 11.4 Å². The molecule has 2 N–H and O–H groups in total. The van der Waals surface area contributed by atoms with Gasteiger partial charge in [-0.15, -0.1) is 11.6 Å². The van der Waals surface area contributed by atoms with E-state index in [1.54, 1.807) is 25.1 Å². The van der Waals surface area contributed by atoms with Crippen LogP contribution in [0.1, 0.15) is 13.3 Å². The fourth-order valence-electron chi connectivity index (χ4n) is 1.32. The summed E-state index contributed by atoms with van der Waals surface area (Å²) in [6, 6.07) is 4.96. The van der Waals surface area contributed by atoms with Gasteiger partial charge in [-0.25, -0.2) is 0 Å². The topological polar surface area (TPSA) is 67.4 Å². The van der Waals surface area contributed by atoms with Gasteiger partial charge in [0.05, 0.1) is 12.8 Å². The molecular formula is C12H15ClN2O3. The van der Waals surface area contributed by atoms with Crippen molar-refractivity contribution in [2.45, 2.75) is 13.3 Å². The van der Waals surface area contributed by atoms with Gasteiger partial charge in [-0.3, -0.25) is 9.59 Å². The number of anilines is 2. The van der Waals surface area contributed by atoms with Crippen molar-refractivity contribution in [3.05, 3.63) is 18.2 Å². The molecule has 5 nitrogen and oxygen atoms in total. The van der Waals surface area contributed by atoms with Gasteiger partial charge in [0, 0.05) is 12.1 Å². The summed E-state index contributed by atoms with van der Waals surface area (Å²) in [4.78, 5) is 22.5. The third-order valence-corrected chi connectivity index (χ3v) is 2.44. The van der Waals surface area contributed by atoms with Gasteiger partial charge in [-0.05, 0) is 18.2 Å². The number of hydrogen-bond acceptors (Lipinski definition) is 3. The van der Waals surface area contributed by atoms with E-state index < -0.39 is 0 Å². The van der Waals surface area contributed by atoms with Crippen LogP contribution < -0.4 is 15.4 Å². The maximum absolute atomic E-state index is 11.4. The summed E-state index contributed by atoms with van der Waals surface area (Å²) < 4.78 is 5.12. The summed E-state index contributed by atoms with van der Waals surface area (Å²) in [5.41, 5.74) is 1.06. The highest BCUT2D eigenvalue weighted by atomic mass is 35.5. The Hall–Kier alpha value is -1.75. The predicted octanol–water partition coefficient (Wildman–Crippen LogP) is 2.22. The first kappa shape index (κ1) is 14.3. The van der Waals surface area contributed by atoms with E-state index in [-0.39, 0.29) is 17.7 Å². The minimum atomic E-state index is -0.311. The maximum atomic E-state index is 11.4. The molecule has 0 aliphatic heterocycles. The molecule has 1 aromatic carbocycles. The molecule has 0 unspecified atom stereocenters. The largest absolute Gasteiger partial charge is 0.495 e. The fraction of sp³-hybridized carbons (Fsp3) is 0.333. The number of halogens is 1. The highest BCUT2D eigenvalue weighted by Gasteiger charge is 2.08. The first-order valence-corrected chi connectivity index (χ1v) is 5.97. The number of carbonyl (C=O) groups is 2. The zero-order valence-corrected chi connectivity index (χ0v) is 11.0. The number of alkyl halides is 1. The Labute approximate surface area is 110 Å². The van der Waals surface area contributed by atoms with Crippen LogP contribution in [0, 0.1) is 0 Å². The third-order valence-electron chi connectivity index (χ3n) is 2.20. The molecule has 0 spiro atoms. The second kappa shape index (κ2) is 6.86. The molecule has 2 amide bonds. The van der Waals surface area contributed by atoms with Crippen molar-refractivity contribution in [1.82, 2.24) is 0 Å². The number of ether oxygens (including phenoxy) is 1. The Balaban J connectivity index is 2.94. The van der Waals surface area contributed by atoms with Crippen LogP contribution in [0.5, 0.6) is 5.75 Å². The first-order chi connectivity index (χ1) is 8.60. The van der Waals surface area contributed by atoms with Crippen molar-refractivity contribution < 1.29 is 14.3 Å². The van der Waals surface area contributed by atoms with Crippen LogP contribution >= 0.6 is 11.6 Å². The Morgan fingerprint density at radius 2 is 2.00 bits per heavy atom. The van der Waals surface area contributed by atoms with Crippen molar-refractivity contribution in [2.75, 3.05) is 23.6 Å². The normalized spacial score (nSPS) is 9.72. The molecule has 18 heavy (non-hydrogen) atoms. The number of nitrogens with one attached hydrogen (secondary N) is 2. The van der Waals surface area contributed by atoms with Gasteiger partial charge in [0.2, 0.25) is 11.8 Å². The van der Waals surface area contributed by atoms with Crippen molar-refractivity contribution in [3.8, 4) is 5.75 Å². The van der Waals surface area contributed by atoms with Crippen LogP contribution in [-0.2, 0) is 9.59 Å². The minimum Gasteiger partial charge on any atom is -0.495 e. The summed E-state index contributed by atoms with van der Waals surface area (Å²) >= 11 is 5.40. The molecule has 0 saturated carbocycles. The second-order valence-corrected chi connectivity index (χ2v) is 3.77. The van der Waals surface area contributed by atoms with E-state index in [1.165, 1.54) is 7.11 Å². The summed E-state index contributed by atoms with van der Waals surface area (Å²) in [5.74, 6) is -0.0349. The van der Waals surface area contributed by atoms with Crippen molar-refractivity contribution in [2.24, 2.45) is 0 Å². The predicted molar refractivity (Wildman–Crippen MR) is 71.3 cm³/mol. The number of carbonyl (C=O) groups excluding carboxylic acids is 2. The van der Waals surface area contributed by atoms with Crippen LogP contribution in [0.25, 0.3) is 0 Å². The lowest BCUT2D eigenvalue weighted by Gasteiger charge is -2.12. The third kappa shape index (κ3) is 3.92. The van der Waals surface area contributed by atoms with Gasteiger partial charge in [0.25, 0.3) is 0 Å². The van der Waals surface area contributed by atoms with E-state index >= 15 is 0 Å². The molecule has 6 heteroatoms. The van der Waals surface area contributed by atoms with E-state index in [2.05, 4.69) is 10.6 Å². The summed E-state index contributed by atoms with van der Waals surface area (Å²) in [7, 11) is 1.51. The summed E-state index contributed by atoms with van der Waals surface area (Å²) in [6.45, 7) is 1.75. The average Bonchev–Trinajstić information content (AvgIpc) is 2.38. The van der Waals surface area contributed by atoms with E-state index in [0.29, 0.717) is 23.5 Å². The Kier molecular flexibility index (Phi) is 5.45. The molecule has 98 valence electrons. The zero-order chi connectivity index (χ0) is 13.5. The first-order valence-electron chi connectivity index (χ1n) is 5.44. The highest BCUT2D eigenvalue weighted by Crippen LogP contribution is 2.27. The minimum absolute atomic E-state index is 0.122. The van der Waals surface area contributed by atoms with E-state index in [0.717, 1.165) is 0 Å². The number of benzene rings is 1. The molecular weight excluding hydrogens is 256 g/mol. The fourth-order valence-corrected chi connectivity index (χ4v) is 1.38. The highest BCUT2D eigenvalue weighted by molar-refractivity contribution is 6.29. The molecule has 1 aromatic rings. The molecule has 1 rings (SSSR count). The second-order valence-electron chi connectivity index (χ2n) is 3.50. The summed E-state index contributed by atoms with van der Waals surface area (Å²) in [5, 5.41) is 5.29. The maximum Gasteiger partial charge on any atom is 0.239 e. The monoisotopic (exact) mass is 270 g/mol. The lowest BCUT2D eigenvalue weighted by atomic mass is 10.2. The van der Waals surface area contributed by atoms with Gasteiger partial charge in [0.1, 0.15) is 11.6 Å². The Morgan fingerprint density at radius 1 is 1.28 bits per heavy atom. The van der Waals surface area contributed by atoms with Crippen molar-refractivity contribution >= 4 is 34.8 Å². The SMILES string of the molecule is CCC(=O)Nc1cc(NC(=O)CCl)ccc1OC. The van der Waals surface area contributed by atoms with Gasteiger partial charge < -0.3 is 15.4 Å².